The number of aryl methyl sites for hydroxylation is 1. The summed E-state index contributed by atoms with van der Waals surface area (Å²) in [5.74, 6) is 1.83. The second kappa shape index (κ2) is 5.71. The Morgan fingerprint density at radius 2 is 1.91 bits per heavy atom. The number of nitrogens with zero attached hydrogens (tertiary/aromatic N) is 5. The van der Waals surface area contributed by atoms with Gasteiger partial charge in [0, 0.05) is 25.5 Å². The minimum Gasteiger partial charge on any atom is -0.378 e. The molecular formula is C15H16N6OS. The molecule has 2 N–H and O–H groups in total. The predicted molar refractivity (Wildman–Crippen MR) is 90.6 cm³/mol. The van der Waals surface area contributed by atoms with Crippen LogP contribution in [0.25, 0.3) is 21.6 Å². The fraction of sp³-hybridized carbons (Fsp3) is 0.333. The number of fused-ring (bicyclic) bond motifs is 1. The van der Waals surface area contributed by atoms with Crippen molar-refractivity contribution in [3.05, 3.63) is 23.3 Å². The summed E-state index contributed by atoms with van der Waals surface area (Å²) in [6.45, 7) is 5.19. The van der Waals surface area contributed by atoms with Gasteiger partial charge in [-0.2, -0.15) is 0 Å². The molecule has 0 amide bonds. The first-order valence-electron chi connectivity index (χ1n) is 7.39. The largest absolute Gasteiger partial charge is 0.378 e. The van der Waals surface area contributed by atoms with E-state index < -0.39 is 0 Å². The van der Waals surface area contributed by atoms with E-state index in [2.05, 4.69) is 32.2 Å². The Hall–Kier alpha value is -2.32. The number of rotatable bonds is 2. The number of aromatic nitrogens is 4. The third-order valence-electron chi connectivity index (χ3n) is 3.84. The van der Waals surface area contributed by atoms with Gasteiger partial charge in [-0.15, -0.1) is 11.3 Å². The monoisotopic (exact) mass is 328 g/mol. The molecule has 4 rings (SSSR count). The topological polar surface area (TPSA) is 90.0 Å². The third-order valence-corrected chi connectivity index (χ3v) is 4.83. The molecule has 3 aromatic rings. The van der Waals surface area contributed by atoms with E-state index in [-0.39, 0.29) is 5.95 Å². The molecule has 0 aromatic carbocycles. The van der Waals surface area contributed by atoms with Crippen LogP contribution in [0.1, 0.15) is 5.56 Å². The zero-order valence-electron chi connectivity index (χ0n) is 12.7. The van der Waals surface area contributed by atoms with Gasteiger partial charge in [-0.1, -0.05) is 0 Å². The van der Waals surface area contributed by atoms with Crippen LogP contribution < -0.4 is 10.6 Å². The Labute approximate surface area is 137 Å². The normalized spacial score (nSPS) is 15.3. The van der Waals surface area contributed by atoms with E-state index in [0.29, 0.717) is 5.82 Å². The summed E-state index contributed by atoms with van der Waals surface area (Å²) in [4.78, 5) is 20.8. The van der Waals surface area contributed by atoms with E-state index >= 15 is 0 Å². The van der Waals surface area contributed by atoms with Gasteiger partial charge in [0.1, 0.15) is 10.6 Å². The van der Waals surface area contributed by atoms with Crippen molar-refractivity contribution in [3.8, 4) is 11.4 Å². The molecule has 0 bridgehead atoms. The fourth-order valence-corrected chi connectivity index (χ4v) is 3.56. The smallest absolute Gasteiger partial charge is 0.219 e. The molecule has 0 radical (unpaired) electrons. The molecule has 118 valence electrons. The van der Waals surface area contributed by atoms with Gasteiger partial charge in [0.05, 0.1) is 24.2 Å². The van der Waals surface area contributed by atoms with E-state index in [4.69, 9.17) is 15.5 Å². The maximum atomic E-state index is 5.56. The van der Waals surface area contributed by atoms with Crippen molar-refractivity contribution < 1.29 is 4.74 Å². The molecule has 3 aromatic heterocycles. The van der Waals surface area contributed by atoms with Crippen molar-refractivity contribution in [2.75, 3.05) is 36.9 Å². The van der Waals surface area contributed by atoms with Gasteiger partial charge in [0.2, 0.25) is 5.95 Å². The maximum absolute atomic E-state index is 5.56. The number of hydrogen-bond acceptors (Lipinski definition) is 8. The van der Waals surface area contributed by atoms with Crippen LogP contribution in [0.4, 0.5) is 11.8 Å². The maximum Gasteiger partial charge on any atom is 0.219 e. The summed E-state index contributed by atoms with van der Waals surface area (Å²) in [6.07, 6.45) is 3.32. The highest BCUT2D eigenvalue weighted by Gasteiger charge is 2.20. The summed E-state index contributed by atoms with van der Waals surface area (Å²) in [7, 11) is 0. The highest BCUT2D eigenvalue weighted by atomic mass is 32.1. The Kier molecular flexibility index (Phi) is 3.55. The molecule has 1 aliphatic heterocycles. The van der Waals surface area contributed by atoms with Crippen molar-refractivity contribution in [1.82, 2.24) is 19.9 Å². The van der Waals surface area contributed by atoms with Crippen molar-refractivity contribution in [1.29, 1.82) is 0 Å². The molecule has 4 heterocycles. The molecule has 1 fully saturated rings. The Morgan fingerprint density at radius 1 is 1.17 bits per heavy atom. The Morgan fingerprint density at radius 3 is 2.65 bits per heavy atom. The number of hydrogen-bond donors (Lipinski definition) is 1. The predicted octanol–water partition coefficient (Wildman–Crippen LogP) is 1.88. The van der Waals surface area contributed by atoms with E-state index in [9.17, 15) is 0 Å². The molecule has 0 saturated carbocycles. The lowest BCUT2D eigenvalue weighted by Gasteiger charge is -2.28. The summed E-state index contributed by atoms with van der Waals surface area (Å²) in [6, 6.07) is 0. The van der Waals surface area contributed by atoms with Gasteiger partial charge < -0.3 is 15.4 Å². The quantitative estimate of drug-likeness (QED) is 0.768. The van der Waals surface area contributed by atoms with Gasteiger partial charge in [-0.05, 0) is 17.9 Å². The number of nitrogens with two attached hydrogens (primary N) is 1. The van der Waals surface area contributed by atoms with Crippen LogP contribution in [-0.4, -0.2) is 46.2 Å². The van der Waals surface area contributed by atoms with E-state index in [1.807, 2.05) is 0 Å². The first-order chi connectivity index (χ1) is 11.2. The van der Waals surface area contributed by atoms with Crippen molar-refractivity contribution in [2.24, 2.45) is 0 Å². The average Bonchev–Trinajstić information content (AvgIpc) is 2.97. The van der Waals surface area contributed by atoms with Crippen LogP contribution in [0.15, 0.2) is 17.8 Å². The molecule has 1 aliphatic rings. The van der Waals surface area contributed by atoms with Crippen LogP contribution in [0.2, 0.25) is 0 Å². The number of ether oxygens (including phenoxy) is 1. The van der Waals surface area contributed by atoms with Crippen LogP contribution >= 0.6 is 11.3 Å². The van der Waals surface area contributed by atoms with E-state index in [1.165, 1.54) is 5.56 Å². The molecule has 0 unspecified atom stereocenters. The van der Waals surface area contributed by atoms with Crippen LogP contribution in [0, 0.1) is 6.92 Å². The fourth-order valence-electron chi connectivity index (χ4n) is 2.65. The summed E-state index contributed by atoms with van der Waals surface area (Å²) < 4.78 is 5.46. The molecule has 8 heteroatoms. The molecule has 1 saturated heterocycles. The highest BCUT2D eigenvalue weighted by Crippen LogP contribution is 2.33. The lowest BCUT2D eigenvalue weighted by molar-refractivity contribution is 0.122. The van der Waals surface area contributed by atoms with E-state index in [1.54, 1.807) is 23.7 Å². The van der Waals surface area contributed by atoms with Gasteiger partial charge in [0.15, 0.2) is 5.82 Å². The van der Waals surface area contributed by atoms with Crippen LogP contribution in [0.5, 0.6) is 0 Å². The molecule has 0 spiro atoms. The van der Waals surface area contributed by atoms with Crippen LogP contribution in [-0.2, 0) is 4.74 Å². The van der Waals surface area contributed by atoms with Crippen molar-refractivity contribution >= 4 is 33.3 Å². The molecular weight excluding hydrogens is 312 g/mol. The Bertz CT molecular complexity index is 841. The number of nitrogen functional groups attached to an aromatic ring is 1. The number of thiophene rings is 1. The third kappa shape index (κ3) is 2.60. The molecule has 0 atom stereocenters. The molecule has 7 nitrogen and oxygen atoms in total. The number of anilines is 2. The van der Waals surface area contributed by atoms with E-state index in [0.717, 1.165) is 47.9 Å². The first kappa shape index (κ1) is 14.3. The molecule has 23 heavy (non-hydrogen) atoms. The second-order valence-corrected chi connectivity index (χ2v) is 6.26. The standard InChI is InChI=1S/C15H16N6OS/c1-9-8-23-14-11(9)13(21-2-4-22-5-3-21)19-12(20-14)10-6-17-15(16)18-7-10/h6-8H,2-5H2,1H3,(H2,16,17,18). The molecule has 0 aliphatic carbocycles. The first-order valence-corrected chi connectivity index (χ1v) is 8.27. The van der Waals surface area contributed by atoms with Crippen molar-refractivity contribution in [2.45, 2.75) is 6.92 Å². The average molecular weight is 328 g/mol. The lowest BCUT2D eigenvalue weighted by atomic mass is 10.2. The van der Waals surface area contributed by atoms with Gasteiger partial charge in [-0.3, -0.25) is 0 Å². The summed E-state index contributed by atoms with van der Waals surface area (Å²) in [5.41, 5.74) is 7.53. The zero-order chi connectivity index (χ0) is 15.8. The lowest BCUT2D eigenvalue weighted by Crippen LogP contribution is -2.37. The Balaban J connectivity index is 1.88. The van der Waals surface area contributed by atoms with Gasteiger partial charge >= 0.3 is 0 Å². The minimum absolute atomic E-state index is 0.246. The number of morpholine rings is 1. The SMILES string of the molecule is Cc1csc2nc(-c3cnc(N)nc3)nc(N3CCOCC3)c12. The van der Waals surface area contributed by atoms with Gasteiger partial charge in [-0.25, -0.2) is 19.9 Å². The summed E-state index contributed by atoms with van der Waals surface area (Å²) in [5, 5.41) is 3.24. The second-order valence-electron chi connectivity index (χ2n) is 5.40. The minimum atomic E-state index is 0.246. The highest BCUT2D eigenvalue weighted by molar-refractivity contribution is 7.17. The van der Waals surface area contributed by atoms with Gasteiger partial charge in [0.25, 0.3) is 0 Å². The van der Waals surface area contributed by atoms with Crippen molar-refractivity contribution in [3.63, 3.8) is 0 Å². The van der Waals surface area contributed by atoms with Crippen LogP contribution in [0.3, 0.4) is 0 Å². The summed E-state index contributed by atoms with van der Waals surface area (Å²) >= 11 is 1.63. The zero-order valence-corrected chi connectivity index (χ0v) is 13.5.